The predicted octanol–water partition coefficient (Wildman–Crippen LogP) is 3.50. The van der Waals surface area contributed by atoms with Gasteiger partial charge in [0.25, 0.3) is 0 Å². The smallest absolute Gasteiger partial charge is 0.383 e. The van der Waals surface area contributed by atoms with E-state index >= 15 is 0 Å². The molecule has 5 heteroatoms. The normalized spacial score (nSPS) is 13.8. The molecule has 1 aromatic rings. The lowest BCUT2D eigenvalue weighted by Crippen LogP contribution is -2.15. The monoisotopic (exact) mass is 252 g/mol. The molecular formula is C11H12ClF3O. The zero-order chi connectivity index (χ0) is 12.2. The Morgan fingerprint density at radius 1 is 1.31 bits per heavy atom. The Labute approximate surface area is 97.2 Å². The molecule has 0 saturated carbocycles. The van der Waals surface area contributed by atoms with Gasteiger partial charge in [0.05, 0.1) is 17.5 Å². The average Bonchev–Trinajstić information content (AvgIpc) is 2.17. The lowest BCUT2D eigenvalue weighted by atomic mass is 10.0. The molecule has 0 radical (unpaired) electrons. The van der Waals surface area contributed by atoms with E-state index in [4.69, 9.17) is 16.3 Å². The minimum atomic E-state index is -4.33. The molecule has 90 valence electrons. The Kier molecular flexibility index (Phi) is 4.62. The predicted molar refractivity (Wildman–Crippen MR) is 56.7 cm³/mol. The number of benzene rings is 1. The Morgan fingerprint density at radius 2 is 1.94 bits per heavy atom. The molecule has 0 spiro atoms. The van der Waals surface area contributed by atoms with Crippen molar-refractivity contribution in [3.63, 3.8) is 0 Å². The zero-order valence-electron chi connectivity index (χ0n) is 8.72. The lowest BCUT2D eigenvalue weighted by Gasteiger charge is -2.14. The number of ether oxygens (including phenoxy) is 1. The first-order valence-corrected chi connectivity index (χ1v) is 5.17. The number of methoxy groups -OCH3 is 1. The molecule has 0 aliphatic rings. The van der Waals surface area contributed by atoms with Crippen LogP contribution in [0.3, 0.4) is 0 Å². The number of rotatable bonds is 4. The van der Waals surface area contributed by atoms with Crippen molar-refractivity contribution in [2.75, 3.05) is 13.7 Å². The first-order valence-electron chi connectivity index (χ1n) is 4.73. The third-order valence-corrected chi connectivity index (χ3v) is 2.39. The third kappa shape index (κ3) is 3.68. The van der Waals surface area contributed by atoms with Crippen LogP contribution in [0.25, 0.3) is 0 Å². The maximum atomic E-state index is 12.6. The van der Waals surface area contributed by atoms with Crippen LogP contribution < -0.4 is 0 Å². The van der Waals surface area contributed by atoms with Gasteiger partial charge in [-0.25, -0.2) is 0 Å². The van der Waals surface area contributed by atoms with Gasteiger partial charge in [-0.1, -0.05) is 18.2 Å². The molecule has 0 heterocycles. The molecule has 1 nitrogen and oxygen atoms in total. The van der Waals surface area contributed by atoms with Gasteiger partial charge in [-0.3, -0.25) is 0 Å². The van der Waals surface area contributed by atoms with Crippen LogP contribution in [0.1, 0.15) is 11.1 Å². The van der Waals surface area contributed by atoms with E-state index in [0.29, 0.717) is 0 Å². The second kappa shape index (κ2) is 5.55. The highest BCUT2D eigenvalue weighted by molar-refractivity contribution is 6.20. The van der Waals surface area contributed by atoms with E-state index in [1.807, 2.05) is 0 Å². The van der Waals surface area contributed by atoms with Gasteiger partial charge in [0.1, 0.15) is 0 Å². The van der Waals surface area contributed by atoms with Crippen LogP contribution in [-0.2, 0) is 17.3 Å². The van der Waals surface area contributed by atoms with Crippen molar-refractivity contribution in [2.24, 2.45) is 0 Å². The van der Waals surface area contributed by atoms with Gasteiger partial charge in [0.2, 0.25) is 0 Å². The molecule has 0 aromatic heterocycles. The second-order valence-corrected chi connectivity index (χ2v) is 4.03. The van der Waals surface area contributed by atoms with Crippen molar-refractivity contribution in [1.29, 1.82) is 0 Å². The number of halogens is 4. The fourth-order valence-electron chi connectivity index (χ4n) is 1.45. The van der Waals surface area contributed by atoms with Gasteiger partial charge in [0.15, 0.2) is 0 Å². The molecule has 0 N–H and O–H groups in total. The summed E-state index contributed by atoms with van der Waals surface area (Å²) in [6.07, 6.45) is -4.19. The average molecular weight is 253 g/mol. The van der Waals surface area contributed by atoms with E-state index in [-0.39, 0.29) is 18.6 Å². The Hall–Kier alpha value is -0.740. The van der Waals surface area contributed by atoms with Crippen LogP contribution in [0.5, 0.6) is 0 Å². The summed E-state index contributed by atoms with van der Waals surface area (Å²) >= 11 is 5.85. The van der Waals surface area contributed by atoms with Crippen molar-refractivity contribution in [1.82, 2.24) is 0 Å². The van der Waals surface area contributed by atoms with Crippen LogP contribution in [0.4, 0.5) is 13.2 Å². The summed E-state index contributed by atoms with van der Waals surface area (Å²) < 4.78 is 42.6. The molecule has 1 atom stereocenters. The number of alkyl halides is 4. The molecule has 0 aliphatic carbocycles. The highest BCUT2D eigenvalue weighted by Gasteiger charge is 2.33. The van der Waals surface area contributed by atoms with Gasteiger partial charge < -0.3 is 4.74 Å². The van der Waals surface area contributed by atoms with Gasteiger partial charge in [-0.2, -0.15) is 13.2 Å². The summed E-state index contributed by atoms with van der Waals surface area (Å²) in [6.45, 7) is 0.230. The Balaban J connectivity index is 2.87. The van der Waals surface area contributed by atoms with E-state index in [2.05, 4.69) is 0 Å². The molecule has 1 aromatic carbocycles. The quantitative estimate of drug-likeness (QED) is 0.746. The molecule has 0 saturated heterocycles. The first kappa shape index (κ1) is 13.3. The van der Waals surface area contributed by atoms with Crippen molar-refractivity contribution in [2.45, 2.75) is 18.0 Å². The van der Waals surface area contributed by atoms with E-state index in [1.54, 1.807) is 6.07 Å². The number of hydrogen-bond donors (Lipinski definition) is 0. The summed E-state index contributed by atoms with van der Waals surface area (Å²) in [7, 11) is 1.46. The van der Waals surface area contributed by atoms with Gasteiger partial charge in [0, 0.05) is 7.11 Å². The standard InChI is InChI=1S/C11H12ClF3O/c1-16-7-9(12)6-8-4-2-3-5-10(8)11(13,14)15/h2-5,9H,6-7H2,1H3. The van der Waals surface area contributed by atoms with E-state index < -0.39 is 17.1 Å². The van der Waals surface area contributed by atoms with Crippen molar-refractivity contribution >= 4 is 11.6 Å². The highest BCUT2D eigenvalue weighted by atomic mass is 35.5. The summed E-state index contributed by atoms with van der Waals surface area (Å²) in [4.78, 5) is 0. The highest BCUT2D eigenvalue weighted by Crippen LogP contribution is 2.32. The molecule has 0 fully saturated rings. The largest absolute Gasteiger partial charge is 0.416 e. The van der Waals surface area contributed by atoms with Crippen LogP contribution in [-0.4, -0.2) is 19.1 Å². The van der Waals surface area contributed by atoms with Crippen molar-refractivity contribution in [3.05, 3.63) is 35.4 Å². The molecule has 0 aliphatic heterocycles. The topological polar surface area (TPSA) is 9.23 Å². The number of hydrogen-bond acceptors (Lipinski definition) is 1. The third-order valence-electron chi connectivity index (χ3n) is 2.11. The minimum Gasteiger partial charge on any atom is -0.383 e. The maximum absolute atomic E-state index is 12.6. The molecule has 16 heavy (non-hydrogen) atoms. The molecular weight excluding hydrogens is 241 g/mol. The molecule has 0 bridgehead atoms. The van der Waals surface area contributed by atoms with Crippen LogP contribution >= 0.6 is 11.6 Å². The maximum Gasteiger partial charge on any atom is 0.416 e. The summed E-state index contributed by atoms with van der Waals surface area (Å²) in [5.74, 6) is 0. The molecule has 1 rings (SSSR count). The summed E-state index contributed by atoms with van der Waals surface area (Å²) in [5, 5.41) is -0.450. The SMILES string of the molecule is COCC(Cl)Cc1ccccc1C(F)(F)F. The van der Waals surface area contributed by atoms with Crippen LogP contribution in [0.2, 0.25) is 0 Å². The van der Waals surface area contributed by atoms with Crippen LogP contribution in [0.15, 0.2) is 24.3 Å². The Bertz CT molecular complexity index is 338. The van der Waals surface area contributed by atoms with Crippen molar-refractivity contribution < 1.29 is 17.9 Å². The second-order valence-electron chi connectivity index (χ2n) is 3.41. The van der Waals surface area contributed by atoms with Crippen LogP contribution in [0, 0.1) is 0 Å². The van der Waals surface area contributed by atoms with Gasteiger partial charge in [-0.15, -0.1) is 11.6 Å². The lowest BCUT2D eigenvalue weighted by molar-refractivity contribution is -0.138. The minimum absolute atomic E-state index is 0.144. The Morgan fingerprint density at radius 3 is 2.50 bits per heavy atom. The van der Waals surface area contributed by atoms with E-state index in [1.165, 1.54) is 19.2 Å². The zero-order valence-corrected chi connectivity index (χ0v) is 9.48. The fourth-order valence-corrected chi connectivity index (χ4v) is 1.75. The molecule has 1 unspecified atom stereocenters. The summed E-state index contributed by atoms with van der Waals surface area (Å²) in [6, 6.07) is 5.44. The molecule has 0 amide bonds. The van der Waals surface area contributed by atoms with Gasteiger partial charge >= 0.3 is 6.18 Å². The summed E-state index contributed by atoms with van der Waals surface area (Å²) in [5.41, 5.74) is -0.427. The van der Waals surface area contributed by atoms with Gasteiger partial charge in [-0.05, 0) is 18.1 Å². The van der Waals surface area contributed by atoms with E-state index in [0.717, 1.165) is 6.07 Å². The van der Waals surface area contributed by atoms with Crippen molar-refractivity contribution in [3.8, 4) is 0 Å². The van der Waals surface area contributed by atoms with E-state index in [9.17, 15) is 13.2 Å². The first-order chi connectivity index (χ1) is 7.45. The fraction of sp³-hybridized carbons (Fsp3) is 0.455.